The van der Waals surface area contributed by atoms with Gasteiger partial charge in [0.25, 0.3) is 5.91 Å². The first-order chi connectivity index (χ1) is 9.49. The predicted octanol–water partition coefficient (Wildman–Crippen LogP) is 1.01. The van der Waals surface area contributed by atoms with E-state index in [9.17, 15) is 9.59 Å². The number of carboxylic acids is 1. The quantitative estimate of drug-likeness (QED) is 0.869. The Bertz CT molecular complexity index is 498. The molecule has 0 bridgehead atoms. The zero-order valence-corrected chi connectivity index (χ0v) is 11.8. The SMILES string of the molecule is CC(C)CCn1cc(C(=O)N2CCCC2C(=O)O)nn1. The van der Waals surface area contributed by atoms with Crippen LogP contribution < -0.4 is 0 Å². The van der Waals surface area contributed by atoms with Gasteiger partial charge in [0.1, 0.15) is 6.04 Å². The molecular formula is C13H20N4O3. The van der Waals surface area contributed by atoms with Gasteiger partial charge in [0.15, 0.2) is 5.69 Å². The fourth-order valence-electron chi connectivity index (χ4n) is 2.31. The summed E-state index contributed by atoms with van der Waals surface area (Å²) in [6.07, 6.45) is 3.77. The number of likely N-dealkylation sites (tertiary alicyclic amines) is 1. The van der Waals surface area contributed by atoms with E-state index < -0.39 is 12.0 Å². The van der Waals surface area contributed by atoms with Crippen molar-refractivity contribution in [3.63, 3.8) is 0 Å². The van der Waals surface area contributed by atoms with Crippen molar-refractivity contribution in [2.24, 2.45) is 5.92 Å². The van der Waals surface area contributed by atoms with Gasteiger partial charge in [-0.3, -0.25) is 9.48 Å². The second-order valence-corrected chi connectivity index (χ2v) is 5.54. The normalized spacial score (nSPS) is 18.8. The number of hydrogen-bond acceptors (Lipinski definition) is 4. The molecule has 1 unspecified atom stereocenters. The summed E-state index contributed by atoms with van der Waals surface area (Å²) in [6.45, 7) is 5.41. The van der Waals surface area contributed by atoms with Crippen LogP contribution in [0, 0.1) is 5.92 Å². The maximum atomic E-state index is 12.3. The van der Waals surface area contributed by atoms with Gasteiger partial charge in [0.2, 0.25) is 0 Å². The molecule has 110 valence electrons. The van der Waals surface area contributed by atoms with Gasteiger partial charge in [0.05, 0.1) is 6.20 Å². The second kappa shape index (κ2) is 6.02. The molecule has 2 heterocycles. The molecule has 2 rings (SSSR count). The Morgan fingerprint density at radius 1 is 1.50 bits per heavy atom. The van der Waals surface area contributed by atoms with E-state index in [-0.39, 0.29) is 11.6 Å². The molecule has 0 aliphatic carbocycles. The molecule has 1 aromatic heterocycles. The fourth-order valence-corrected chi connectivity index (χ4v) is 2.31. The van der Waals surface area contributed by atoms with Gasteiger partial charge in [-0.1, -0.05) is 19.1 Å². The van der Waals surface area contributed by atoms with E-state index in [2.05, 4.69) is 24.2 Å². The average Bonchev–Trinajstić information content (AvgIpc) is 3.04. The molecule has 1 saturated heterocycles. The minimum absolute atomic E-state index is 0.224. The molecule has 7 nitrogen and oxygen atoms in total. The minimum Gasteiger partial charge on any atom is -0.480 e. The molecule has 0 spiro atoms. The van der Waals surface area contributed by atoms with Gasteiger partial charge in [-0.05, 0) is 25.2 Å². The molecule has 1 aliphatic rings. The lowest BCUT2D eigenvalue weighted by atomic mass is 10.1. The van der Waals surface area contributed by atoms with Crippen LogP contribution in [0.3, 0.4) is 0 Å². The molecule has 1 aliphatic heterocycles. The summed E-state index contributed by atoms with van der Waals surface area (Å²) in [5.41, 5.74) is 0.224. The highest BCUT2D eigenvalue weighted by atomic mass is 16.4. The van der Waals surface area contributed by atoms with Crippen molar-refractivity contribution in [1.29, 1.82) is 0 Å². The lowest BCUT2D eigenvalue weighted by molar-refractivity contribution is -0.141. The molecule has 1 atom stereocenters. The molecule has 20 heavy (non-hydrogen) atoms. The molecule has 0 aromatic carbocycles. The molecule has 1 N–H and O–H groups in total. The van der Waals surface area contributed by atoms with Crippen LogP contribution in [0.25, 0.3) is 0 Å². The molecule has 1 fully saturated rings. The number of aliphatic carboxylic acids is 1. The smallest absolute Gasteiger partial charge is 0.326 e. The van der Waals surface area contributed by atoms with E-state index in [1.54, 1.807) is 10.9 Å². The molecule has 0 saturated carbocycles. The number of carbonyl (C=O) groups excluding carboxylic acids is 1. The maximum Gasteiger partial charge on any atom is 0.326 e. The predicted molar refractivity (Wildman–Crippen MR) is 71.2 cm³/mol. The first-order valence-corrected chi connectivity index (χ1v) is 6.93. The monoisotopic (exact) mass is 280 g/mol. The van der Waals surface area contributed by atoms with E-state index in [0.717, 1.165) is 6.42 Å². The first-order valence-electron chi connectivity index (χ1n) is 6.93. The zero-order valence-electron chi connectivity index (χ0n) is 11.8. The van der Waals surface area contributed by atoms with Gasteiger partial charge >= 0.3 is 5.97 Å². The second-order valence-electron chi connectivity index (χ2n) is 5.54. The third kappa shape index (κ3) is 3.15. The Labute approximate surface area is 117 Å². The highest BCUT2D eigenvalue weighted by Gasteiger charge is 2.35. The molecule has 1 aromatic rings. The molecular weight excluding hydrogens is 260 g/mol. The number of nitrogens with zero attached hydrogens (tertiary/aromatic N) is 4. The van der Waals surface area contributed by atoms with Crippen LogP contribution in [0.4, 0.5) is 0 Å². The summed E-state index contributed by atoms with van der Waals surface area (Å²) >= 11 is 0. The summed E-state index contributed by atoms with van der Waals surface area (Å²) in [5, 5.41) is 16.9. The van der Waals surface area contributed by atoms with E-state index in [4.69, 9.17) is 5.11 Å². The van der Waals surface area contributed by atoms with Crippen molar-refractivity contribution in [3.05, 3.63) is 11.9 Å². The lowest BCUT2D eigenvalue weighted by Gasteiger charge is -2.19. The zero-order chi connectivity index (χ0) is 14.7. The number of aromatic nitrogens is 3. The van der Waals surface area contributed by atoms with Crippen LogP contribution >= 0.6 is 0 Å². The highest BCUT2D eigenvalue weighted by molar-refractivity contribution is 5.95. The topological polar surface area (TPSA) is 88.3 Å². The largest absolute Gasteiger partial charge is 0.480 e. The number of carboxylic acid groups (broad SMARTS) is 1. The lowest BCUT2D eigenvalue weighted by Crippen LogP contribution is -2.40. The summed E-state index contributed by atoms with van der Waals surface area (Å²) < 4.78 is 1.64. The number of aryl methyl sites for hydroxylation is 1. The van der Waals surface area contributed by atoms with Crippen LogP contribution in [0.5, 0.6) is 0 Å². The molecule has 7 heteroatoms. The number of hydrogen-bond donors (Lipinski definition) is 1. The van der Waals surface area contributed by atoms with Gasteiger partial charge < -0.3 is 10.0 Å². The Morgan fingerprint density at radius 2 is 2.25 bits per heavy atom. The van der Waals surface area contributed by atoms with E-state index in [1.807, 2.05) is 0 Å². The van der Waals surface area contributed by atoms with Gasteiger partial charge in [0, 0.05) is 13.1 Å². The van der Waals surface area contributed by atoms with Crippen LogP contribution in [0.2, 0.25) is 0 Å². The van der Waals surface area contributed by atoms with Gasteiger partial charge in [-0.25, -0.2) is 4.79 Å². The average molecular weight is 280 g/mol. The van der Waals surface area contributed by atoms with Gasteiger partial charge in [-0.15, -0.1) is 5.10 Å². The van der Waals surface area contributed by atoms with E-state index in [1.165, 1.54) is 4.90 Å². The Morgan fingerprint density at radius 3 is 2.90 bits per heavy atom. The fraction of sp³-hybridized carbons (Fsp3) is 0.692. The number of amides is 1. The van der Waals surface area contributed by atoms with Crippen LogP contribution in [-0.2, 0) is 11.3 Å². The summed E-state index contributed by atoms with van der Waals surface area (Å²) in [4.78, 5) is 24.7. The van der Waals surface area contributed by atoms with E-state index >= 15 is 0 Å². The van der Waals surface area contributed by atoms with Crippen LogP contribution in [0.15, 0.2) is 6.20 Å². The van der Waals surface area contributed by atoms with Crippen molar-refractivity contribution in [2.75, 3.05) is 6.54 Å². The summed E-state index contributed by atoms with van der Waals surface area (Å²) in [5.74, 6) is -0.748. The summed E-state index contributed by atoms with van der Waals surface area (Å²) in [6, 6.07) is -0.733. The Balaban J connectivity index is 2.04. The number of rotatable bonds is 5. The molecule has 1 amide bonds. The minimum atomic E-state index is -0.956. The Hall–Kier alpha value is -1.92. The Kier molecular flexibility index (Phi) is 4.36. The standard InChI is InChI=1S/C13H20N4O3/c1-9(2)5-7-16-8-10(14-15-16)12(18)17-6-3-4-11(17)13(19)20/h8-9,11H,3-7H2,1-2H3,(H,19,20). The van der Waals surface area contributed by atoms with Crippen molar-refractivity contribution in [1.82, 2.24) is 19.9 Å². The van der Waals surface area contributed by atoms with Crippen molar-refractivity contribution >= 4 is 11.9 Å². The highest BCUT2D eigenvalue weighted by Crippen LogP contribution is 2.19. The van der Waals surface area contributed by atoms with Crippen molar-refractivity contribution < 1.29 is 14.7 Å². The third-order valence-electron chi connectivity index (χ3n) is 3.49. The van der Waals surface area contributed by atoms with Crippen LogP contribution in [-0.4, -0.2) is 49.5 Å². The number of carbonyl (C=O) groups is 2. The first kappa shape index (κ1) is 14.5. The third-order valence-corrected chi connectivity index (χ3v) is 3.49. The summed E-state index contributed by atoms with van der Waals surface area (Å²) in [7, 11) is 0. The van der Waals surface area contributed by atoms with Gasteiger partial charge in [-0.2, -0.15) is 0 Å². The molecule has 0 radical (unpaired) electrons. The van der Waals surface area contributed by atoms with Crippen molar-refractivity contribution in [3.8, 4) is 0 Å². The maximum absolute atomic E-state index is 12.3. The van der Waals surface area contributed by atoms with Crippen LogP contribution in [0.1, 0.15) is 43.6 Å². The van der Waals surface area contributed by atoms with Crippen molar-refractivity contribution in [2.45, 2.75) is 45.7 Å². The van der Waals surface area contributed by atoms with E-state index in [0.29, 0.717) is 31.8 Å².